The van der Waals surface area contributed by atoms with Crippen molar-refractivity contribution < 1.29 is 9.53 Å². The molecule has 0 aliphatic heterocycles. The molecule has 2 N–H and O–H groups in total. The lowest BCUT2D eigenvalue weighted by Crippen LogP contribution is -2.24. The van der Waals surface area contributed by atoms with Crippen LogP contribution in [0.1, 0.15) is 16.7 Å². The van der Waals surface area contributed by atoms with Gasteiger partial charge in [0, 0.05) is 27.1 Å². The lowest BCUT2D eigenvalue weighted by atomic mass is 10.1. The maximum absolute atomic E-state index is 11.8. The average Bonchev–Trinajstić information content (AvgIpc) is 2.98. The Morgan fingerprint density at radius 3 is 2.88 bits per heavy atom. The summed E-state index contributed by atoms with van der Waals surface area (Å²) in [6.07, 6.45) is 3.46. The van der Waals surface area contributed by atoms with Crippen LogP contribution in [0.3, 0.4) is 0 Å². The first-order chi connectivity index (χ1) is 12.0. The molecule has 0 spiro atoms. The van der Waals surface area contributed by atoms with Crippen molar-refractivity contribution in [2.45, 2.75) is 13.8 Å². The number of hydrazone groups is 1. The highest BCUT2D eigenvalue weighted by molar-refractivity contribution is 9.10. The predicted octanol–water partition coefficient (Wildman–Crippen LogP) is 4.08. The highest BCUT2D eigenvalue weighted by atomic mass is 79.9. The molecule has 0 saturated carbocycles. The van der Waals surface area contributed by atoms with Crippen LogP contribution in [0.2, 0.25) is 0 Å². The second kappa shape index (κ2) is 7.53. The molecule has 1 heterocycles. The number of benzene rings is 2. The van der Waals surface area contributed by atoms with Crippen LogP contribution in [0.5, 0.6) is 5.75 Å². The number of ether oxygens (including phenoxy) is 1. The highest BCUT2D eigenvalue weighted by Gasteiger charge is 2.04. The van der Waals surface area contributed by atoms with Crippen molar-refractivity contribution >= 4 is 39.0 Å². The number of amides is 1. The van der Waals surface area contributed by atoms with E-state index < -0.39 is 0 Å². The molecule has 1 amide bonds. The summed E-state index contributed by atoms with van der Waals surface area (Å²) in [7, 11) is 0. The van der Waals surface area contributed by atoms with Gasteiger partial charge in [0.15, 0.2) is 6.61 Å². The first-order valence-electron chi connectivity index (χ1n) is 7.81. The van der Waals surface area contributed by atoms with Gasteiger partial charge in [0.2, 0.25) is 0 Å². The molecule has 0 unspecified atom stereocenters. The summed E-state index contributed by atoms with van der Waals surface area (Å²) in [6.45, 7) is 3.95. The monoisotopic (exact) mass is 399 g/mol. The number of aromatic nitrogens is 1. The van der Waals surface area contributed by atoms with Crippen molar-refractivity contribution in [3.8, 4) is 5.75 Å². The molecule has 25 heavy (non-hydrogen) atoms. The second-order valence-electron chi connectivity index (χ2n) is 5.76. The Labute approximate surface area is 154 Å². The van der Waals surface area contributed by atoms with E-state index in [-0.39, 0.29) is 12.5 Å². The van der Waals surface area contributed by atoms with Gasteiger partial charge in [-0.15, -0.1) is 0 Å². The number of hydrogen-bond donors (Lipinski definition) is 2. The summed E-state index contributed by atoms with van der Waals surface area (Å²) in [5.74, 6) is 0.360. The van der Waals surface area contributed by atoms with Crippen molar-refractivity contribution in [2.24, 2.45) is 5.10 Å². The SMILES string of the molecule is Cc1ccc(OCC(=O)N/N=C\c2c[nH]c3ccc(Br)cc23)cc1C. The Kier molecular flexibility index (Phi) is 5.19. The molecule has 0 saturated heterocycles. The number of carbonyl (C=O) groups is 1. The zero-order valence-corrected chi connectivity index (χ0v) is 15.6. The topological polar surface area (TPSA) is 66.5 Å². The fourth-order valence-electron chi connectivity index (χ4n) is 2.38. The van der Waals surface area contributed by atoms with E-state index in [1.54, 1.807) is 6.21 Å². The van der Waals surface area contributed by atoms with Crippen LogP contribution in [0.25, 0.3) is 10.9 Å². The van der Waals surface area contributed by atoms with Gasteiger partial charge in [-0.2, -0.15) is 5.10 Å². The van der Waals surface area contributed by atoms with Gasteiger partial charge in [0.25, 0.3) is 5.91 Å². The lowest BCUT2D eigenvalue weighted by Gasteiger charge is -2.07. The molecule has 0 radical (unpaired) electrons. The largest absolute Gasteiger partial charge is 0.484 e. The van der Waals surface area contributed by atoms with Gasteiger partial charge in [-0.05, 0) is 55.3 Å². The van der Waals surface area contributed by atoms with E-state index in [0.717, 1.165) is 26.5 Å². The number of aryl methyl sites for hydroxylation is 2. The van der Waals surface area contributed by atoms with E-state index in [2.05, 4.69) is 31.4 Å². The highest BCUT2D eigenvalue weighted by Crippen LogP contribution is 2.21. The van der Waals surface area contributed by atoms with Crippen molar-refractivity contribution in [1.29, 1.82) is 0 Å². The third-order valence-corrected chi connectivity index (χ3v) is 4.41. The number of halogens is 1. The van der Waals surface area contributed by atoms with Crippen LogP contribution in [0.4, 0.5) is 0 Å². The summed E-state index contributed by atoms with van der Waals surface area (Å²) in [4.78, 5) is 15.0. The molecule has 0 bridgehead atoms. The fraction of sp³-hybridized carbons (Fsp3) is 0.158. The maximum Gasteiger partial charge on any atom is 0.277 e. The zero-order valence-electron chi connectivity index (χ0n) is 14.0. The Hall–Kier alpha value is -2.60. The van der Waals surface area contributed by atoms with Crippen LogP contribution in [0.15, 0.2) is 52.2 Å². The van der Waals surface area contributed by atoms with E-state index in [1.807, 2.05) is 56.4 Å². The second-order valence-corrected chi connectivity index (χ2v) is 6.68. The quantitative estimate of drug-likeness (QED) is 0.501. The van der Waals surface area contributed by atoms with Gasteiger partial charge in [-0.1, -0.05) is 22.0 Å². The third-order valence-electron chi connectivity index (χ3n) is 3.92. The van der Waals surface area contributed by atoms with Gasteiger partial charge in [-0.25, -0.2) is 5.43 Å². The molecule has 2 aromatic carbocycles. The third kappa shape index (κ3) is 4.28. The molecule has 0 aliphatic carbocycles. The molecule has 0 fully saturated rings. The van der Waals surface area contributed by atoms with Gasteiger partial charge < -0.3 is 9.72 Å². The van der Waals surface area contributed by atoms with E-state index in [4.69, 9.17) is 4.74 Å². The van der Waals surface area contributed by atoms with Crippen LogP contribution in [-0.4, -0.2) is 23.7 Å². The van der Waals surface area contributed by atoms with Crippen molar-refractivity contribution in [2.75, 3.05) is 6.61 Å². The molecule has 5 nitrogen and oxygen atoms in total. The molecular formula is C19H18BrN3O2. The van der Waals surface area contributed by atoms with Gasteiger partial charge in [-0.3, -0.25) is 4.79 Å². The maximum atomic E-state index is 11.8. The van der Waals surface area contributed by atoms with Crippen LogP contribution < -0.4 is 10.2 Å². The van der Waals surface area contributed by atoms with E-state index in [1.165, 1.54) is 5.56 Å². The summed E-state index contributed by atoms with van der Waals surface area (Å²) in [6, 6.07) is 11.7. The van der Waals surface area contributed by atoms with Crippen molar-refractivity contribution in [3.05, 3.63) is 63.8 Å². The number of aromatic amines is 1. The number of rotatable bonds is 5. The summed E-state index contributed by atoms with van der Waals surface area (Å²) in [5, 5.41) is 5.02. The molecule has 6 heteroatoms. The fourth-order valence-corrected chi connectivity index (χ4v) is 2.74. The summed E-state index contributed by atoms with van der Waals surface area (Å²) < 4.78 is 6.47. The van der Waals surface area contributed by atoms with Gasteiger partial charge >= 0.3 is 0 Å². The van der Waals surface area contributed by atoms with Crippen LogP contribution >= 0.6 is 15.9 Å². The predicted molar refractivity (Wildman–Crippen MR) is 103 cm³/mol. The summed E-state index contributed by atoms with van der Waals surface area (Å²) >= 11 is 3.45. The zero-order chi connectivity index (χ0) is 17.8. The molecule has 0 aliphatic rings. The molecule has 0 atom stereocenters. The molecule has 128 valence electrons. The number of fused-ring (bicyclic) bond motifs is 1. The lowest BCUT2D eigenvalue weighted by molar-refractivity contribution is -0.123. The molecule has 3 rings (SSSR count). The standard InChI is InChI=1S/C19H18BrN3O2/c1-12-3-5-16(7-13(12)2)25-11-19(24)23-22-10-14-9-21-18-6-4-15(20)8-17(14)18/h3-10,21H,11H2,1-2H3,(H,23,24)/b22-10-. The number of carbonyl (C=O) groups excluding carboxylic acids is 1. The minimum atomic E-state index is -0.310. The van der Waals surface area contributed by atoms with E-state index in [9.17, 15) is 4.79 Å². The van der Waals surface area contributed by atoms with E-state index >= 15 is 0 Å². The van der Waals surface area contributed by atoms with Gasteiger partial charge in [0.1, 0.15) is 5.75 Å². The number of nitrogens with one attached hydrogen (secondary N) is 2. The number of hydrogen-bond acceptors (Lipinski definition) is 3. The Balaban J connectivity index is 1.57. The number of H-pyrrole nitrogens is 1. The Morgan fingerprint density at radius 1 is 1.24 bits per heavy atom. The van der Waals surface area contributed by atoms with Gasteiger partial charge in [0.05, 0.1) is 6.21 Å². The van der Waals surface area contributed by atoms with Crippen molar-refractivity contribution in [3.63, 3.8) is 0 Å². The molecular weight excluding hydrogens is 382 g/mol. The van der Waals surface area contributed by atoms with Crippen LogP contribution in [0, 0.1) is 13.8 Å². The normalized spacial score (nSPS) is 11.2. The minimum absolute atomic E-state index is 0.0841. The van der Waals surface area contributed by atoms with E-state index in [0.29, 0.717) is 5.75 Å². The Bertz CT molecular complexity index is 947. The summed E-state index contributed by atoms with van der Waals surface area (Å²) in [5.41, 5.74) is 6.69. The Morgan fingerprint density at radius 2 is 2.08 bits per heavy atom. The molecule has 3 aromatic rings. The first-order valence-corrected chi connectivity index (χ1v) is 8.61. The first kappa shape index (κ1) is 17.2. The van der Waals surface area contributed by atoms with Crippen LogP contribution in [-0.2, 0) is 4.79 Å². The smallest absolute Gasteiger partial charge is 0.277 e. The van der Waals surface area contributed by atoms with Crippen molar-refractivity contribution in [1.82, 2.24) is 10.4 Å². The average molecular weight is 400 g/mol. The minimum Gasteiger partial charge on any atom is -0.484 e. The molecule has 1 aromatic heterocycles. The number of nitrogens with zero attached hydrogens (tertiary/aromatic N) is 1.